The predicted molar refractivity (Wildman–Crippen MR) is 73.4 cm³/mol. The van der Waals surface area contributed by atoms with Gasteiger partial charge in [-0.15, -0.1) is 5.92 Å². The van der Waals surface area contributed by atoms with Crippen molar-refractivity contribution in [3.05, 3.63) is 29.3 Å². The van der Waals surface area contributed by atoms with Crippen LogP contribution >= 0.6 is 0 Å². The summed E-state index contributed by atoms with van der Waals surface area (Å²) in [5.41, 5.74) is 2.65. The summed E-state index contributed by atoms with van der Waals surface area (Å²) < 4.78 is 5.50. The Kier molecular flexibility index (Phi) is 5.10. The molecule has 0 bridgehead atoms. The zero-order valence-electron chi connectivity index (χ0n) is 11.5. The van der Waals surface area contributed by atoms with Crippen molar-refractivity contribution in [1.82, 2.24) is 0 Å². The van der Waals surface area contributed by atoms with Gasteiger partial charge < -0.3 is 4.74 Å². The summed E-state index contributed by atoms with van der Waals surface area (Å²) in [5, 5.41) is 0. The van der Waals surface area contributed by atoms with E-state index in [9.17, 15) is 0 Å². The zero-order chi connectivity index (χ0) is 12.8. The van der Waals surface area contributed by atoms with Crippen molar-refractivity contribution in [3.63, 3.8) is 0 Å². The van der Waals surface area contributed by atoms with Crippen LogP contribution < -0.4 is 4.74 Å². The quantitative estimate of drug-likeness (QED) is 0.706. The van der Waals surface area contributed by atoms with Gasteiger partial charge in [-0.05, 0) is 49.9 Å². The van der Waals surface area contributed by atoms with E-state index in [1.54, 1.807) is 0 Å². The molecule has 1 heteroatoms. The highest BCUT2D eigenvalue weighted by Crippen LogP contribution is 2.28. The third kappa shape index (κ3) is 3.53. The molecule has 1 aromatic carbocycles. The molecular formula is C16H22O. The molecule has 0 spiro atoms. The van der Waals surface area contributed by atoms with Gasteiger partial charge in [0.1, 0.15) is 5.75 Å². The van der Waals surface area contributed by atoms with E-state index in [2.05, 4.69) is 50.8 Å². The summed E-state index contributed by atoms with van der Waals surface area (Å²) in [6.07, 6.45) is 0. The van der Waals surface area contributed by atoms with E-state index in [-0.39, 0.29) is 0 Å². The Balaban J connectivity index is 2.93. The first-order valence-electron chi connectivity index (χ1n) is 6.25. The first-order valence-corrected chi connectivity index (χ1v) is 6.25. The van der Waals surface area contributed by atoms with Gasteiger partial charge in [0, 0.05) is 5.92 Å². The number of hydrogen-bond acceptors (Lipinski definition) is 1. The molecule has 92 valence electrons. The van der Waals surface area contributed by atoms with Gasteiger partial charge >= 0.3 is 0 Å². The normalized spacial score (nSPS) is 13.5. The summed E-state index contributed by atoms with van der Waals surface area (Å²) in [6.45, 7) is 11.2. The maximum Gasteiger partial charge on any atom is 0.119 e. The van der Waals surface area contributed by atoms with Gasteiger partial charge in [-0.1, -0.05) is 25.8 Å². The fraction of sp³-hybridized carbons (Fsp3) is 0.500. The van der Waals surface area contributed by atoms with Gasteiger partial charge in [0.15, 0.2) is 0 Å². The minimum atomic E-state index is 0.386. The van der Waals surface area contributed by atoms with Crippen molar-refractivity contribution in [2.75, 3.05) is 6.61 Å². The first kappa shape index (κ1) is 13.6. The highest BCUT2D eigenvalue weighted by Gasteiger charge is 2.14. The maximum absolute atomic E-state index is 5.50. The molecule has 2 unspecified atom stereocenters. The van der Waals surface area contributed by atoms with Gasteiger partial charge in [0.25, 0.3) is 0 Å². The molecule has 0 aromatic heterocycles. The molecule has 0 heterocycles. The van der Waals surface area contributed by atoms with Crippen LogP contribution in [0.4, 0.5) is 0 Å². The molecule has 0 fully saturated rings. The number of benzene rings is 1. The second kappa shape index (κ2) is 6.35. The van der Waals surface area contributed by atoms with Crippen LogP contribution in [0.3, 0.4) is 0 Å². The van der Waals surface area contributed by atoms with Gasteiger partial charge in [-0.25, -0.2) is 0 Å². The molecule has 17 heavy (non-hydrogen) atoms. The van der Waals surface area contributed by atoms with Crippen molar-refractivity contribution in [2.24, 2.45) is 5.92 Å². The molecule has 2 atom stereocenters. The molecule has 0 aliphatic rings. The van der Waals surface area contributed by atoms with Crippen LogP contribution in [0.1, 0.15) is 44.7 Å². The Morgan fingerprint density at radius 1 is 1.29 bits per heavy atom. The van der Waals surface area contributed by atoms with E-state index in [1.807, 2.05) is 13.8 Å². The molecule has 0 N–H and O–H groups in total. The van der Waals surface area contributed by atoms with Crippen LogP contribution in [0.25, 0.3) is 0 Å². The fourth-order valence-electron chi connectivity index (χ4n) is 2.04. The lowest BCUT2D eigenvalue weighted by atomic mass is 9.87. The second-order valence-corrected chi connectivity index (χ2v) is 4.42. The molecule has 1 rings (SSSR count). The Hall–Kier alpha value is -1.42. The lowest BCUT2D eigenvalue weighted by Crippen LogP contribution is -2.06. The summed E-state index contributed by atoms with van der Waals surface area (Å²) in [4.78, 5) is 0. The Morgan fingerprint density at radius 2 is 2.00 bits per heavy atom. The van der Waals surface area contributed by atoms with E-state index in [0.717, 1.165) is 5.75 Å². The number of rotatable bonds is 4. The highest BCUT2D eigenvalue weighted by molar-refractivity contribution is 5.37. The van der Waals surface area contributed by atoms with E-state index < -0.39 is 0 Å². The molecule has 0 aliphatic carbocycles. The van der Waals surface area contributed by atoms with Crippen LogP contribution in [0, 0.1) is 24.7 Å². The Morgan fingerprint density at radius 3 is 2.53 bits per heavy atom. The standard InChI is InChI=1S/C16H22O/c1-6-8-12(3)14(5)16-10-9-15(17-7-2)11-13(16)4/h9-12,14H,7H2,1-5H3. The molecule has 0 aliphatic heterocycles. The van der Waals surface area contributed by atoms with Gasteiger partial charge in [0.05, 0.1) is 6.61 Å². The lowest BCUT2D eigenvalue weighted by Gasteiger charge is -2.18. The highest BCUT2D eigenvalue weighted by atomic mass is 16.5. The van der Waals surface area contributed by atoms with Crippen LogP contribution in [-0.2, 0) is 0 Å². The summed E-state index contributed by atoms with van der Waals surface area (Å²) in [6, 6.07) is 6.33. The topological polar surface area (TPSA) is 9.23 Å². The van der Waals surface area contributed by atoms with E-state index in [1.165, 1.54) is 11.1 Å². The SMILES string of the molecule is CC#CC(C)C(C)c1ccc(OCC)cc1C. The van der Waals surface area contributed by atoms with Crippen LogP contribution in [0.15, 0.2) is 18.2 Å². The van der Waals surface area contributed by atoms with Crippen LogP contribution in [0.2, 0.25) is 0 Å². The van der Waals surface area contributed by atoms with E-state index >= 15 is 0 Å². The molecule has 0 amide bonds. The minimum Gasteiger partial charge on any atom is -0.494 e. The Bertz CT molecular complexity index is 423. The predicted octanol–water partition coefficient (Wildman–Crippen LogP) is 4.16. The molecule has 0 radical (unpaired) electrons. The maximum atomic E-state index is 5.50. The second-order valence-electron chi connectivity index (χ2n) is 4.42. The van der Waals surface area contributed by atoms with E-state index in [4.69, 9.17) is 4.74 Å². The van der Waals surface area contributed by atoms with E-state index in [0.29, 0.717) is 18.4 Å². The average Bonchev–Trinajstić information content (AvgIpc) is 2.29. The molecular weight excluding hydrogens is 208 g/mol. The lowest BCUT2D eigenvalue weighted by molar-refractivity contribution is 0.340. The van der Waals surface area contributed by atoms with Crippen molar-refractivity contribution in [2.45, 2.75) is 40.5 Å². The minimum absolute atomic E-state index is 0.386. The molecule has 0 saturated carbocycles. The van der Waals surface area contributed by atoms with Gasteiger partial charge in [0.2, 0.25) is 0 Å². The van der Waals surface area contributed by atoms with Gasteiger partial charge in [-0.3, -0.25) is 0 Å². The van der Waals surface area contributed by atoms with Crippen molar-refractivity contribution >= 4 is 0 Å². The first-order chi connectivity index (χ1) is 8.10. The Labute approximate surface area is 105 Å². The smallest absolute Gasteiger partial charge is 0.119 e. The molecule has 1 aromatic rings. The van der Waals surface area contributed by atoms with Gasteiger partial charge in [-0.2, -0.15) is 0 Å². The third-order valence-electron chi connectivity index (χ3n) is 3.16. The van der Waals surface area contributed by atoms with Crippen LogP contribution in [-0.4, -0.2) is 6.61 Å². The largest absolute Gasteiger partial charge is 0.494 e. The fourth-order valence-corrected chi connectivity index (χ4v) is 2.04. The monoisotopic (exact) mass is 230 g/mol. The summed E-state index contributed by atoms with van der Waals surface area (Å²) in [5.74, 6) is 8.02. The van der Waals surface area contributed by atoms with Crippen LogP contribution in [0.5, 0.6) is 5.75 Å². The summed E-state index contributed by atoms with van der Waals surface area (Å²) >= 11 is 0. The molecule has 1 nitrogen and oxygen atoms in total. The number of aryl methyl sites for hydroxylation is 1. The average molecular weight is 230 g/mol. The van der Waals surface area contributed by atoms with Crippen molar-refractivity contribution in [3.8, 4) is 17.6 Å². The number of hydrogen-bond donors (Lipinski definition) is 0. The third-order valence-corrected chi connectivity index (χ3v) is 3.16. The zero-order valence-corrected chi connectivity index (χ0v) is 11.5. The molecule has 0 saturated heterocycles. The van der Waals surface area contributed by atoms with Crippen molar-refractivity contribution < 1.29 is 4.74 Å². The number of ether oxygens (including phenoxy) is 1. The van der Waals surface area contributed by atoms with Crippen molar-refractivity contribution in [1.29, 1.82) is 0 Å². The summed E-state index contributed by atoms with van der Waals surface area (Å²) in [7, 11) is 0.